The van der Waals surface area contributed by atoms with Gasteiger partial charge in [-0.05, 0) is 39.8 Å². The minimum Gasteiger partial charge on any atom is -0.464 e. The number of hydrogen-bond acceptors (Lipinski definition) is 7. The third kappa shape index (κ3) is 4.68. The second kappa shape index (κ2) is 9.12. The zero-order valence-electron chi connectivity index (χ0n) is 15.7. The number of anilines is 1. The maximum atomic E-state index is 12.1. The summed E-state index contributed by atoms with van der Waals surface area (Å²) in [6.07, 6.45) is 0.555. The van der Waals surface area contributed by atoms with E-state index in [4.69, 9.17) is 4.74 Å². The van der Waals surface area contributed by atoms with Crippen molar-refractivity contribution in [3.05, 3.63) is 18.0 Å². The maximum Gasteiger partial charge on any atom is 0.328 e. The van der Waals surface area contributed by atoms with Gasteiger partial charge in [0.2, 0.25) is 5.91 Å². The van der Waals surface area contributed by atoms with Gasteiger partial charge in [0.1, 0.15) is 11.9 Å². The van der Waals surface area contributed by atoms with Gasteiger partial charge in [-0.1, -0.05) is 0 Å². The van der Waals surface area contributed by atoms with Crippen molar-refractivity contribution < 1.29 is 14.3 Å². The standard InChI is InChI=1S/C17H26N6O3/c1-5-22(6-2)15-9-8-13-19-20-14(23(13)21-15)10-11-16(24)18-12(4)17(25)26-7-3/h8-9,12H,5-7,10-11H2,1-4H3,(H,18,24). The molecule has 26 heavy (non-hydrogen) atoms. The first-order valence-corrected chi connectivity index (χ1v) is 8.92. The fourth-order valence-corrected chi connectivity index (χ4v) is 2.56. The first kappa shape index (κ1) is 19.6. The van der Waals surface area contributed by atoms with Crippen molar-refractivity contribution in [2.45, 2.75) is 46.6 Å². The number of nitrogens with zero attached hydrogens (tertiary/aromatic N) is 5. The average molecular weight is 362 g/mol. The number of rotatable bonds is 9. The third-order valence-corrected chi connectivity index (χ3v) is 3.99. The molecule has 2 aromatic heterocycles. The van der Waals surface area contributed by atoms with Crippen LogP contribution in [-0.2, 0) is 20.7 Å². The first-order chi connectivity index (χ1) is 12.5. The SMILES string of the molecule is CCOC(=O)C(C)NC(=O)CCc1nnc2ccc(N(CC)CC)nn12. The second-order valence-corrected chi connectivity index (χ2v) is 5.79. The van der Waals surface area contributed by atoms with Crippen LogP contribution in [0.4, 0.5) is 5.82 Å². The molecule has 1 N–H and O–H groups in total. The lowest BCUT2D eigenvalue weighted by molar-refractivity contribution is -0.146. The Kier molecular flexibility index (Phi) is 6.88. The lowest BCUT2D eigenvalue weighted by atomic mass is 10.2. The quantitative estimate of drug-likeness (QED) is 0.663. The highest BCUT2D eigenvalue weighted by Gasteiger charge is 2.17. The number of esters is 1. The van der Waals surface area contributed by atoms with Crippen LogP contribution >= 0.6 is 0 Å². The smallest absolute Gasteiger partial charge is 0.328 e. The largest absolute Gasteiger partial charge is 0.464 e. The van der Waals surface area contributed by atoms with Gasteiger partial charge in [-0.2, -0.15) is 4.52 Å². The van der Waals surface area contributed by atoms with Gasteiger partial charge in [0.05, 0.1) is 6.61 Å². The molecule has 0 aliphatic heterocycles. The molecule has 1 atom stereocenters. The summed E-state index contributed by atoms with van der Waals surface area (Å²) in [5.74, 6) is 0.749. The summed E-state index contributed by atoms with van der Waals surface area (Å²) >= 11 is 0. The lowest BCUT2D eigenvalue weighted by Gasteiger charge is -2.19. The molecule has 0 spiro atoms. The number of aryl methyl sites for hydroxylation is 1. The van der Waals surface area contributed by atoms with Gasteiger partial charge in [-0.3, -0.25) is 4.79 Å². The van der Waals surface area contributed by atoms with Gasteiger partial charge >= 0.3 is 5.97 Å². The van der Waals surface area contributed by atoms with Gasteiger partial charge in [0.15, 0.2) is 11.5 Å². The van der Waals surface area contributed by atoms with Gasteiger partial charge < -0.3 is 15.0 Å². The molecular formula is C17H26N6O3. The van der Waals surface area contributed by atoms with Gasteiger partial charge in [0.25, 0.3) is 0 Å². The van der Waals surface area contributed by atoms with E-state index in [0.717, 1.165) is 18.9 Å². The molecule has 0 bridgehead atoms. The number of amides is 1. The third-order valence-electron chi connectivity index (χ3n) is 3.99. The van der Waals surface area contributed by atoms with Gasteiger partial charge in [-0.25, -0.2) is 4.79 Å². The van der Waals surface area contributed by atoms with Gasteiger partial charge in [-0.15, -0.1) is 15.3 Å². The Balaban J connectivity index is 2.03. The average Bonchev–Trinajstić information content (AvgIpc) is 3.03. The summed E-state index contributed by atoms with van der Waals surface area (Å²) in [5, 5.41) is 15.4. The van der Waals surface area contributed by atoms with Crippen molar-refractivity contribution in [3.63, 3.8) is 0 Å². The minimum absolute atomic E-state index is 0.182. The van der Waals surface area contributed by atoms with E-state index in [1.165, 1.54) is 0 Å². The zero-order chi connectivity index (χ0) is 19.1. The van der Waals surface area contributed by atoms with Crippen LogP contribution in [-0.4, -0.2) is 57.4 Å². The van der Waals surface area contributed by atoms with Crippen LogP contribution in [0.2, 0.25) is 0 Å². The minimum atomic E-state index is -0.676. The van der Waals surface area contributed by atoms with Gasteiger partial charge in [0, 0.05) is 25.9 Å². The molecule has 0 radical (unpaired) electrons. The number of carbonyl (C=O) groups is 2. The molecule has 1 unspecified atom stereocenters. The van der Waals surface area contributed by atoms with Crippen LogP contribution in [0.25, 0.3) is 5.65 Å². The number of ether oxygens (including phenoxy) is 1. The Morgan fingerprint density at radius 2 is 1.96 bits per heavy atom. The van der Waals surface area contributed by atoms with Crippen LogP contribution < -0.4 is 10.2 Å². The summed E-state index contributed by atoms with van der Waals surface area (Å²) in [4.78, 5) is 25.7. The fourth-order valence-electron chi connectivity index (χ4n) is 2.56. The summed E-state index contributed by atoms with van der Waals surface area (Å²) in [6.45, 7) is 9.43. The van der Waals surface area contributed by atoms with E-state index in [1.807, 2.05) is 12.1 Å². The van der Waals surface area contributed by atoms with Crippen LogP contribution in [0.15, 0.2) is 12.1 Å². The lowest BCUT2D eigenvalue weighted by Crippen LogP contribution is -2.39. The van der Waals surface area contributed by atoms with Crippen LogP contribution in [0.1, 0.15) is 39.9 Å². The molecule has 9 heteroatoms. The molecule has 1 amide bonds. The molecule has 0 aliphatic rings. The number of aromatic nitrogens is 4. The van der Waals surface area contributed by atoms with Crippen molar-refractivity contribution in [2.75, 3.05) is 24.6 Å². The normalized spacial score (nSPS) is 12.0. The molecule has 0 aromatic carbocycles. The Morgan fingerprint density at radius 3 is 2.62 bits per heavy atom. The second-order valence-electron chi connectivity index (χ2n) is 5.79. The number of fused-ring (bicyclic) bond motifs is 1. The highest BCUT2D eigenvalue weighted by atomic mass is 16.5. The van der Waals surface area contributed by atoms with E-state index in [0.29, 0.717) is 17.9 Å². The van der Waals surface area contributed by atoms with Crippen LogP contribution in [0.3, 0.4) is 0 Å². The monoisotopic (exact) mass is 362 g/mol. The Morgan fingerprint density at radius 1 is 1.23 bits per heavy atom. The van der Waals surface area contributed by atoms with E-state index >= 15 is 0 Å². The molecule has 2 rings (SSSR count). The molecule has 9 nitrogen and oxygen atoms in total. The molecule has 0 saturated heterocycles. The summed E-state index contributed by atoms with van der Waals surface area (Å²) in [5.41, 5.74) is 0.635. The zero-order valence-corrected chi connectivity index (χ0v) is 15.7. The highest BCUT2D eigenvalue weighted by molar-refractivity contribution is 5.84. The Bertz CT molecular complexity index is 756. The van der Waals surface area contributed by atoms with Crippen molar-refractivity contribution >= 4 is 23.3 Å². The summed E-state index contributed by atoms with van der Waals surface area (Å²) in [6, 6.07) is 3.10. The van der Waals surface area contributed by atoms with E-state index in [9.17, 15) is 9.59 Å². The van der Waals surface area contributed by atoms with Crippen molar-refractivity contribution in [3.8, 4) is 0 Å². The van der Waals surface area contributed by atoms with Crippen LogP contribution in [0, 0.1) is 0 Å². The number of nitrogens with one attached hydrogen (secondary N) is 1. The molecule has 2 heterocycles. The molecule has 142 valence electrons. The summed E-state index contributed by atoms with van der Waals surface area (Å²) in [7, 11) is 0. The Hall–Kier alpha value is -2.71. The topological polar surface area (TPSA) is 102 Å². The van der Waals surface area contributed by atoms with Crippen molar-refractivity contribution in [1.82, 2.24) is 25.1 Å². The first-order valence-electron chi connectivity index (χ1n) is 8.92. The molecule has 0 aliphatic carbocycles. The highest BCUT2D eigenvalue weighted by Crippen LogP contribution is 2.12. The fraction of sp³-hybridized carbons (Fsp3) is 0.588. The molecular weight excluding hydrogens is 336 g/mol. The van der Waals surface area contributed by atoms with Crippen molar-refractivity contribution in [1.29, 1.82) is 0 Å². The molecule has 2 aromatic rings. The predicted molar refractivity (Wildman–Crippen MR) is 96.9 cm³/mol. The van der Waals surface area contributed by atoms with Crippen molar-refractivity contribution in [2.24, 2.45) is 0 Å². The van der Waals surface area contributed by atoms with E-state index in [1.54, 1.807) is 18.4 Å². The Labute approximate surface area is 152 Å². The van der Waals surface area contributed by atoms with Crippen LogP contribution in [0.5, 0.6) is 0 Å². The van der Waals surface area contributed by atoms with E-state index in [-0.39, 0.29) is 18.9 Å². The van der Waals surface area contributed by atoms with E-state index in [2.05, 4.69) is 39.4 Å². The molecule has 0 saturated carbocycles. The van der Waals surface area contributed by atoms with E-state index < -0.39 is 12.0 Å². The number of hydrogen-bond donors (Lipinski definition) is 1. The summed E-state index contributed by atoms with van der Waals surface area (Å²) < 4.78 is 6.54. The number of carbonyl (C=O) groups excluding carboxylic acids is 2. The predicted octanol–water partition coefficient (Wildman–Crippen LogP) is 0.971. The molecule has 0 fully saturated rings. The maximum absolute atomic E-state index is 12.1.